The van der Waals surface area contributed by atoms with Crippen LogP contribution >= 0.6 is 0 Å². The van der Waals surface area contributed by atoms with E-state index in [2.05, 4.69) is 21.6 Å². The maximum atomic E-state index is 14.1. The Morgan fingerprint density at radius 3 is 2.65 bits per heavy atom. The van der Waals surface area contributed by atoms with Crippen molar-refractivity contribution in [3.05, 3.63) is 96.7 Å². The highest BCUT2D eigenvalue weighted by Crippen LogP contribution is 2.22. The predicted octanol–water partition coefficient (Wildman–Crippen LogP) is 4.67. The smallest absolute Gasteiger partial charge is 0.180 e. The van der Waals surface area contributed by atoms with E-state index in [1.54, 1.807) is 35.3 Å². The molecule has 0 fully saturated rings. The molecule has 3 aromatic rings. The Kier molecular flexibility index (Phi) is 5.49. The molecule has 0 saturated heterocycles. The molecule has 26 heavy (non-hydrogen) atoms. The summed E-state index contributed by atoms with van der Waals surface area (Å²) in [6.45, 7) is 6.35. The second-order valence-corrected chi connectivity index (χ2v) is 5.65. The van der Waals surface area contributed by atoms with Gasteiger partial charge in [0.05, 0.1) is 12.2 Å². The SMILES string of the molecule is C=C(/C=C\C=C/C)c1cc(-c2ncccn2)nn1Cc1ccccc1F. The molecule has 1 aromatic carbocycles. The highest BCUT2D eigenvalue weighted by Gasteiger charge is 2.14. The zero-order valence-electron chi connectivity index (χ0n) is 14.5. The van der Waals surface area contributed by atoms with Crippen LogP contribution in [-0.2, 0) is 6.54 Å². The fraction of sp³-hybridized carbons (Fsp3) is 0.0952. The summed E-state index contributed by atoms with van der Waals surface area (Å²) in [5.41, 5.74) is 2.74. The highest BCUT2D eigenvalue weighted by atomic mass is 19.1. The molecule has 3 rings (SSSR count). The zero-order valence-corrected chi connectivity index (χ0v) is 14.5. The van der Waals surface area contributed by atoms with Crippen LogP contribution in [0.5, 0.6) is 0 Å². The summed E-state index contributed by atoms with van der Waals surface area (Å²) >= 11 is 0. The van der Waals surface area contributed by atoms with E-state index in [0.717, 1.165) is 11.3 Å². The largest absolute Gasteiger partial charge is 0.260 e. The highest BCUT2D eigenvalue weighted by molar-refractivity contribution is 5.72. The zero-order chi connectivity index (χ0) is 18.4. The molecule has 0 bridgehead atoms. The van der Waals surface area contributed by atoms with Gasteiger partial charge in [-0.05, 0) is 30.7 Å². The molecule has 0 aliphatic heterocycles. The lowest BCUT2D eigenvalue weighted by molar-refractivity contribution is 0.584. The number of benzene rings is 1. The molecular formula is C21H19FN4. The van der Waals surface area contributed by atoms with E-state index in [-0.39, 0.29) is 5.82 Å². The van der Waals surface area contributed by atoms with Crippen molar-refractivity contribution in [2.24, 2.45) is 0 Å². The minimum Gasteiger partial charge on any atom is -0.260 e. The maximum Gasteiger partial charge on any atom is 0.180 e. The fourth-order valence-corrected chi connectivity index (χ4v) is 2.49. The summed E-state index contributed by atoms with van der Waals surface area (Å²) < 4.78 is 15.8. The number of hydrogen-bond donors (Lipinski definition) is 0. The molecule has 0 aliphatic rings. The molecule has 0 atom stereocenters. The summed E-state index contributed by atoms with van der Waals surface area (Å²) in [7, 11) is 0. The number of nitrogens with zero attached hydrogens (tertiary/aromatic N) is 4. The van der Waals surface area contributed by atoms with E-state index >= 15 is 0 Å². The van der Waals surface area contributed by atoms with Gasteiger partial charge < -0.3 is 0 Å². The number of allylic oxidation sites excluding steroid dienone is 5. The maximum absolute atomic E-state index is 14.1. The van der Waals surface area contributed by atoms with Gasteiger partial charge >= 0.3 is 0 Å². The molecule has 0 unspecified atom stereocenters. The Bertz CT molecular complexity index is 955. The molecule has 5 heteroatoms. The van der Waals surface area contributed by atoms with Crippen LogP contribution in [0.3, 0.4) is 0 Å². The number of aromatic nitrogens is 4. The molecule has 0 N–H and O–H groups in total. The van der Waals surface area contributed by atoms with Crippen molar-refractivity contribution in [2.45, 2.75) is 13.5 Å². The molecule has 0 aliphatic carbocycles. The second-order valence-electron chi connectivity index (χ2n) is 5.65. The van der Waals surface area contributed by atoms with Gasteiger partial charge in [-0.15, -0.1) is 0 Å². The standard InChI is InChI=1S/C21H19FN4/c1-3-4-5-9-16(2)20-14-19(21-23-12-8-13-24-21)25-26(20)15-17-10-6-7-11-18(17)22/h3-14H,2,15H2,1H3/b4-3-,9-5-. The van der Waals surface area contributed by atoms with Gasteiger partial charge in [-0.1, -0.05) is 49.1 Å². The van der Waals surface area contributed by atoms with Gasteiger partial charge in [0.25, 0.3) is 0 Å². The Morgan fingerprint density at radius 2 is 1.92 bits per heavy atom. The minimum absolute atomic E-state index is 0.262. The molecule has 0 amide bonds. The van der Waals surface area contributed by atoms with Crippen molar-refractivity contribution in [1.82, 2.24) is 19.7 Å². The quantitative estimate of drug-likeness (QED) is 0.609. The van der Waals surface area contributed by atoms with Gasteiger partial charge in [-0.2, -0.15) is 5.10 Å². The van der Waals surface area contributed by atoms with Gasteiger partial charge in [0.2, 0.25) is 0 Å². The molecular weight excluding hydrogens is 327 g/mol. The third kappa shape index (κ3) is 4.00. The molecule has 0 saturated carbocycles. The van der Waals surface area contributed by atoms with Crippen molar-refractivity contribution >= 4 is 5.57 Å². The van der Waals surface area contributed by atoms with Gasteiger partial charge in [0.15, 0.2) is 5.82 Å². The third-order valence-corrected chi connectivity index (χ3v) is 3.78. The van der Waals surface area contributed by atoms with E-state index in [4.69, 9.17) is 0 Å². The van der Waals surface area contributed by atoms with Crippen LogP contribution in [-0.4, -0.2) is 19.7 Å². The van der Waals surface area contributed by atoms with E-state index in [1.165, 1.54) is 6.07 Å². The van der Waals surface area contributed by atoms with Gasteiger partial charge in [0, 0.05) is 18.0 Å². The first-order valence-electron chi connectivity index (χ1n) is 8.26. The van der Waals surface area contributed by atoms with Crippen LogP contribution in [0, 0.1) is 5.82 Å². The van der Waals surface area contributed by atoms with Crippen molar-refractivity contribution in [1.29, 1.82) is 0 Å². The monoisotopic (exact) mass is 346 g/mol. The van der Waals surface area contributed by atoms with Crippen LogP contribution in [0.15, 0.2) is 79.7 Å². The second kappa shape index (κ2) is 8.16. The summed E-state index contributed by atoms with van der Waals surface area (Å²) in [6, 6.07) is 10.3. The number of hydrogen-bond acceptors (Lipinski definition) is 3. The first-order valence-corrected chi connectivity index (χ1v) is 8.26. The average Bonchev–Trinajstić information content (AvgIpc) is 3.08. The van der Waals surface area contributed by atoms with Gasteiger partial charge in [-0.3, -0.25) is 4.68 Å². The molecule has 2 heterocycles. The third-order valence-electron chi connectivity index (χ3n) is 3.78. The van der Waals surface area contributed by atoms with E-state index in [9.17, 15) is 4.39 Å². The fourth-order valence-electron chi connectivity index (χ4n) is 2.49. The summed E-state index contributed by atoms with van der Waals surface area (Å²) in [4.78, 5) is 8.49. The first-order chi connectivity index (χ1) is 12.7. The summed E-state index contributed by atoms with van der Waals surface area (Å²) in [5, 5.41) is 4.58. The van der Waals surface area contributed by atoms with Crippen molar-refractivity contribution in [3.63, 3.8) is 0 Å². The van der Waals surface area contributed by atoms with Gasteiger partial charge in [0.1, 0.15) is 11.5 Å². The van der Waals surface area contributed by atoms with E-state index < -0.39 is 0 Å². The summed E-state index contributed by atoms with van der Waals surface area (Å²) in [6.07, 6.45) is 11.0. The van der Waals surface area contributed by atoms with Crippen molar-refractivity contribution in [3.8, 4) is 11.5 Å². The van der Waals surface area contributed by atoms with E-state index in [0.29, 0.717) is 23.6 Å². The van der Waals surface area contributed by atoms with Crippen molar-refractivity contribution < 1.29 is 4.39 Å². The molecule has 4 nitrogen and oxygen atoms in total. The topological polar surface area (TPSA) is 43.6 Å². The average molecular weight is 346 g/mol. The lowest BCUT2D eigenvalue weighted by Crippen LogP contribution is -2.07. The normalized spacial score (nSPS) is 11.5. The Balaban J connectivity index is 2.01. The van der Waals surface area contributed by atoms with Crippen molar-refractivity contribution in [2.75, 3.05) is 0 Å². The Labute approximate surface area is 152 Å². The number of halogens is 1. The van der Waals surface area contributed by atoms with Crippen LogP contribution in [0.25, 0.3) is 17.1 Å². The first kappa shape index (κ1) is 17.5. The van der Waals surface area contributed by atoms with Crippen LogP contribution in [0.1, 0.15) is 18.2 Å². The van der Waals surface area contributed by atoms with Crippen LogP contribution in [0.2, 0.25) is 0 Å². The lowest BCUT2D eigenvalue weighted by atomic mass is 10.1. The summed E-state index contributed by atoms with van der Waals surface area (Å²) in [5.74, 6) is 0.257. The molecule has 0 radical (unpaired) electrons. The van der Waals surface area contributed by atoms with Gasteiger partial charge in [-0.25, -0.2) is 14.4 Å². The van der Waals surface area contributed by atoms with Crippen LogP contribution in [0.4, 0.5) is 4.39 Å². The van der Waals surface area contributed by atoms with E-state index in [1.807, 2.05) is 43.4 Å². The molecule has 0 spiro atoms. The predicted molar refractivity (Wildman–Crippen MR) is 102 cm³/mol. The minimum atomic E-state index is -0.262. The Morgan fingerprint density at radius 1 is 1.15 bits per heavy atom. The lowest BCUT2D eigenvalue weighted by Gasteiger charge is -2.08. The molecule has 130 valence electrons. The number of rotatable bonds is 6. The van der Waals surface area contributed by atoms with Crippen LogP contribution < -0.4 is 0 Å². The Hall–Kier alpha value is -3.34. The molecule has 2 aromatic heterocycles.